The molecule has 1 heterocycles. The van der Waals surface area contributed by atoms with Crippen LogP contribution >= 0.6 is 0 Å². The summed E-state index contributed by atoms with van der Waals surface area (Å²) in [6.07, 6.45) is 7.06. The lowest BCUT2D eigenvalue weighted by Gasteiger charge is -2.30. The summed E-state index contributed by atoms with van der Waals surface area (Å²) in [5.41, 5.74) is 13.9. The van der Waals surface area contributed by atoms with Gasteiger partial charge < -0.3 is 9.47 Å². The lowest BCUT2D eigenvalue weighted by Crippen LogP contribution is -2.12. The van der Waals surface area contributed by atoms with Crippen LogP contribution in [0.3, 0.4) is 0 Å². The zero-order valence-electron chi connectivity index (χ0n) is 36.7. The lowest BCUT2D eigenvalue weighted by atomic mass is 9.93. The SMILES string of the molecule is C1#CCC=C(n2c3ccccc3c3c(-c4cccc(-c5ccccc5N(c5ccc(-c6cc7ccccc7c7ccccc67)cc5)c5cc6ccccc6c6ccccc56)c4)cccc32)C=C1. The molecule has 13 rings (SSSR count). The van der Waals surface area contributed by atoms with Gasteiger partial charge in [-0.2, -0.15) is 0 Å². The summed E-state index contributed by atoms with van der Waals surface area (Å²) in [5, 5.41) is 12.4. The quantitative estimate of drug-likeness (QED) is 0.115. The van der Waals surface area contributed by atoms with E-state index in [-0.39, 0.29) is 0 Å². The van der Waals surface area contributed by atoms with Gasteiger partial charge in [-0.1, -0.05) is 188 Å². The molecule has 1 aromatic heterocycles. The molecule has 0 unspecified atom stereocenters. The molecule has 12 aromatic rings. The van der Waals surface area contributed by atoms with E-state index in [1.165, 1.54) is 87.1 Å². The molecular weight excluding hydrogens is 809 g/mol. The molecule has 1 aliphatic carbocycles. The molecule has 0 spiro atoms. The molecule has 11 aromatic carbocycles. The number of benzene rings is 11. The van der Waals surface area contributed by atoms with E-state index >= 15 is 0 Å². The zero-order valence-corrected chi connectivity index (χ0v) is 36.7. The second-order valence-electron chi connectivity index (χ2n) is 17.4. The first-order valence-electron chi connectivity index (χ1n) is 23.1. The Morgan fingerprint density at radius 1 is 0.388 bits per heavy atom. The average molecular weight is 851 g/mol. The van der Waals surface area contributed by atoms with Crippen molar-refractivity contribution in [2.45, 2.75) is 6.42 Å². The summed E-state index contributed by atoms with van der Waals surface area (Å²) in [6.45, 7) is 0. The van der Waals surface area contributed by atoms with Crippen molar-refractivity contribution in [3.05, 3.63) is 243 Å². The van der Waals surface area contributed by atoms with Gasteiger partial charge >= 0.3 is 0 Å². The maximum Gasteiger partial charge on any atom is 0.0547 e. The Kier molecular flexibility index (Phi) is 9.18. The van der Waals surface area contributed by atoms with Crippen LogP contribution in [-0.2, 0) is 0 Å². The number of para-hydroxylation sites is 2. The molecule has 0 radical (unpaired) electrons. The molecule has 0 fully saturated rings. The van der Waals surface area contributed by atoms with Gasteiger partial charge in [-0.15, -0.1) is 0 Å². The molecule has 2 heteroatoms. The van der Waals surface area contributed by atoms with Gasteiger partial charge in [-0.3, -0.25) is 0 Å². The van der Waals surface area contributed by atoms with Crippen LogP contribution in [0.15, 0.2) is 243 Å². The fourth-order valence-corrected chi connectivity index (χ4v) is 10.7. The smallest absolute Gasteiger partial charge is 0.0547 e. The molecule has 0 aliphatic heterocycles. The normalized spacial score (nSPS) is 12.4. The van der Waals surface area contributed by atoms with Crippen molar-refractivity contribution in [2.24, 2.45) is 0 Å². The van der Waals surface area contributed by atoms with Gasteiger partial charge in [0.15, 0.2) is 0 Å². The van der Waals surface area contributed by atoms with E-state index in [2.05, 4.69) is 258 Å². The van der Waals surface area contributed by atoms with Crippen molar-refractivity contribution in [3.8, 4) is 45.2 Å². The molecule has 0 atom stereocenters. The van der Waals surface area contributed by atoms with Crippen molar-refractivity contribution in [3.63, 3.8) is 0 Å². The number of allylic oxidation sites excluding steroid dienone is 4. The van der Waals surface area contributed by atoms with Crippen LogP contribution in [-0.4, -0.2) is 4.57 Å². The van der Waals surface area contributed by atoms with Crippen molar-refractivity contribution >= 4 is 87.7 Å². The van der Waals surface area contributed by atoms with Crippen LogP contribution in [0, 0.1) is 11.8 Å². The molecule has 0 N–H and O–H groups in total. The Labute approximate surface area is 389 Å². The molecule has 0 bridgehead atoms. The number of aromatic nitrogens is 1. The fourth-order valence-electron chi connectivity index (χ4n) is 10.7. The summed E-state index contributed by atoms with van der Waals surface area (Å²) in [6, 6.07) is 82.6. The standard InChI is InChI=1S/C65H42N2/c1-2-4-24-49(23-3-1)66-62-35-16-14-32-59(62)65-54(33-18-36-63(65)66)46-22-17-21-45(41-46)53-27-13-15-34-61(53)67(64-43-48-20-6-8-26-52(48)56-29-11-12-31-58(56)64)50-39-37-44(38-40-50)60-42-47-19-5-7-25-51(47)55-28-9-10-30-57(55)60/h3,5-43H,4H2. The summed E-state index contributed by atoms with van der Waals surface area (Å²) >= 11 is 0. The minimum atomic E-state index is 0.718. The Hall–Kier alpha value is -8.90. The van der Waals surface area contributed by atoms with E-state index < -0.39 is 0 Å². The molecule has 0 saturated heterocycles. The predicted octanol–water partition coefficient (Wildman–Crippen LogP) is 17.7. The minimum Gasteiger partial charge on any atom is -0.309 e. The van der Waals surface area contributed by atoms with Crippen molar-refractivity contribution in [1.82, 2.24) is 4.57 Å². The number of rotatable bonds is 7. The van der Waals surface area contributed by atoms with Gasteiger partial charge in [0.25, 0.3) is 0 Å². The number of hydrogen-bond acceptors (Lipinski definition) is 1. The minimum absolute atomic E-state index is 0.718. The Morgan fingerprint density at radius 3 is 1.76 bits per heavy atom. The van der Waals surface area contributed by atoms with Gasteiger partial charge in [0, 0.05) is 39.5 Å². The third kappa shape index (κ3) is 6.44. The fraction of sp³-hybridized carbons (Fsp3) is 0.0154. The van der Waals surface area contributed by atoms with Crippen molar-refractivity contribution < 1.29 is 0 Å². The highest BCUT2D eigenvalue weighted by Crippen LogP contribution is 2.47. The second kappa shape index (κ2) is 16.0. The Morgan fingerprint density at radius 2 is 0.970 bits per heavy atom. The lowest BCUT2D eigenvalue weighted by molar-refractivity contribution is 1.22. The summed E-state index contributed by atoms with van der Waals surface area (Å²) in [5.74, 6) is 6.40. The van der Waals surface area contributed by atoms with Crippen LogP contribution in [0.4, 0.5) is 17.1 Å². The Bertz CT molecular complexity index is 4080. The van der Waals surface area contributed by atoms with E-state index in [9.17, 15) is 0 Å². The van der Waals surface area contributed by atoms with E-state index in [0.717, 1.165) is 40.3 Å². The first-order chi connectivity index (χ1) is 33.3. The molecule has 1 aliphatic rings. The highest BCUT2D eigenvalue weighted by Gasteiger charge is 2.22. The topological polar surface area (TPSA) is 8.17 Å². The van der Waals surface area contributed by atoms with E-state index in [0.29, 0.717) is 0 Å². The molecule has 2 nitrogen and oxygen atoms in total. The van der Waals surface area contributed by atoms with E-state index in [1.807, 2.05) is 6.08 Å². The highest BCUT2D eigenvalue weighted by atomic mass is 15.1. The van der Waals surface area contributed by atoms with Gasteiger partial charge in [0.2, 0.25) is 0 Å². The third-order valence-corrected chi connectivity index (χ3v) is 13.6. The zero-order chi connectivity index (χ0) is 44.3. The molecule has 0 amide bonds. The monoisotopic (exact) mass is 850 g/mol. The van der Waals surface area contributed by atoms with Crippen molar-refractivity contribution in [2.75, 3.05) is 4.90 Å². The van der Waals surface area contributed by atoms with Crippen LogP contribution in [0.25, 0.3) is 104 Å². The maximum absolute atomic E-state index is 3.23. The maximum atomic E-state index is 3.23. The Balaban J connectivity index is 1.000. The highest BCUT2D eigenvalue weighted by molar-refractivity contribution is 6.18. The summed E-state index contributed by atoms with van der Waals surface area (Å²) < 4.78 is 2.39. The van der Waals surface area contributed by atoms with Crippen LogP contribution in [0.1, 0.15) is 6.42 Å². The molecular formula is C65H42N2. The number of fused-ring (bicyclic) bond motifs is 9. The molecule has 312 valence electrons. The first kappa shape index (κ1) is 38.5. The third-order valence-electron chi connectivity index (χ3n) is 13.6. The van der Waals surface area contributed by atoms with Crippen LogP contribution in [0.5, 0.6) is 0 Å². The van der Waals surface area contributed by atoms with Gasteiger partial charge in [-0.05, 0) is 132 Å². The van der Waals surface area contributed by atoms with Gasteiger partial charge in [-0.25, -0.2) is 0 Å². The second-order valence-corrected chi connectivity index (χ2v) is 17.4. The van der Waals surface area contributed by atoms with Gasteiger partial charge in [0.05, 0.1) is 22.4 Å². The number of hydrogen-bond donors (Lipinski definition) is 0. The van der Waals surface area contributed by atoms with E-state index in [1.54, 1.807) is 0 Å². The number of nitrogens with zero attached hydrogens (tertiary/aromatic N) is 2. The van der Waals surface area contributed by atoms with Crippen LogP contribution < -0.4 is 4.90 Å². The summed E-state index contributed by atoms with van der Waals surface area (Å²) in [7, 11) is 0. The number of anilines is 3. The van der Waals surface area contributed by atoms with Crippen LogP contribution in [0.2, 0.25) is 0 Å². The predicted molar refractivity (Wildman–Crippen MR) is 286 cm³/mol. The average Bonchev–Trinajstić information content (AvgIpc) is 3.50. The van der Waals surface area contributed by atoms with E-state index in [4.69, 9.17) is 0 Å². The molecule has 67 heavy (non-hydrogen) atoms. The van der Waals surface area contributed by atoms with Gasteiger partial charge in [0.1, 0.15) is 0 Å². The van der Waals surface area contributed by atoms with Crippen molar-refractivity contribution in [1.29, 1.82) is 0 Å². The summed E-state index contributed by atoms with van der Waals surface area (Å²) in [4.78, 5) is 2.48. The molecule has 0 saturated carbocycles. The first-order valence-corrected chi connectivity index (χ1v) is 23.1. The largest absolute Gasteiger partial charge is 0.309 e.